The van der Waals surface area contributed by atoms with Gasteiger partial charge in [-0.25, -0.2) is 0 Å². The van der Waals surface area contributed by atoms with E-state index in [2.05, 4.69) is 12.2 Å². The molecule has 2 unspecified atom stereocenters. The zero-order valence-electron chi connectivity index (χ0n) is 9.75. The monoisotopic (exact) mass is 215 g/mol. The van der Waals surface area contributed by atoms with Crippen molar-refractivity contribution in [3.63, 3.8) is 0 Å². The summed E-state index contributed by atoms with van der Waals surface area (Å²) in [7, 11) is 0. The highest BCUT2D eigenvalue weighted by atomic mass is 16.4. The van der Waals surface area contributed by atoms with Crippen LogP contribution in [-0.2, 0) is 9.59 Å². The van der Waals surface area contributed by atoms with Gasteiger partial charge in [0, 0.05) is 12.5 Å². The summed E-state index contributed by atoms with van der Waals surface area (Å²) in [6, 6.07) is 0. The van der Waals surface area contributed by atoms with Crippen LogP contribution in [0.25, 0.3) is 0 Å². The Morgan fingerprint density at radius 3 is 2.27 bits per heavy atom. The first kappa shape index (κ1) is 13.9. The Bertz CT molecular complexity index is 216. The maximum absolute atomic E-state index is 11.5. The lowest BCUT2D eigenvalue weighted by molar-refractivity contribution is -0.146. The van der Waals surface area contributed by atoms with Gasteiger partial charge < -0.3 is 10.4 Å². The highest BCUT2D eigenvalue weighted by Crippen LogP contribution is 2.10. The third-order valence-corrected chi connectivity index (χ3v) is 2.63. The molecule has 0 aromatic rings. The fourth-order valence-corrected chi connectivity index (χ4v) is 1.19. The second-order valence-electron chi connectivity index (χ2n) is 3.91. The molecule has 0 saturated heterocycles. The smallest absolute Gasteiger partial charge is 0.307 e. The topological polar surface area (TPSA) is 66.4 Å². The standard InChI is InChI=1S/C11H21NO3/c1-4-5-6-7-12-10(13)8(2)9(3)11(14)15/h8-9H,4-7H2,1-3H3,(H,12,13)(H,14,15). The third-order valence-electron chi connectivity index (χ3n) is 2.63. The summed E-state index contributed by atoms with van der Waals surface area (Å²) < 4.78 is 0. The lowest BCUT2D eigenvalue weighted by atomic mass is 9.95. The number of nitrogens with one attached hydrogen (secondary N) is 1. The number of aliphatic carboxylic acids is 1. The van der Waals surface area contributed by atoms with E-state index in [1.165, 1.54) is 0 Å². The van der Waals surface area contributed by atoms with Gasteiger partial charge in [-0.15, -0.1) is 0 Å². The van der Waals surface area contributed by atoms with Crippen molar-refractivity contribution >= 4 is 11.9 Å². The Morgan fingerprint density at radius 1 is 1.20 bits per heavy atom. The van der Waals surface area contributed by atoms with Crippen LogP contribution in [-0.4, -0.2) is 23.5 Å². The zero-order valence-corrected chi connectivity index (χ0v) is 9.75. The van der Waals surface area contributed by atoms with E-state index in [4.69, 9.17) is 5.11 Å². The van der Waals surface area contributed by atoms with Crippen molar-refractivity contribution in [2.45, 2.75) is 40.0 Å². The number of hydrogen-bond acceptors (Lipinski definition) is 2. The van der Waals surface area contributed by atoms with Gasteiger partial charge in [0.05, 0.1) is 5.92 Å². The summed E-state index contributed by atoms with van der Waals surface area (Å²) in [4.78, 5) is 22.1. The largest absolute Gasteiger partial charge is 0.481 e. The molecule has 2 N–H and O–H groups in total. The van der Waals surface area contributed by atoms with Gasteiger partial charge in [-0.2, -0.15) is 0 Å². The predicted octanol–water partition coefficient (Wildman–Crippen LogP) is 1.65. The Hall–Kier alpha value is -1.06. The van der Waals surface area contributed by atoms with E-state index in [0.717, 1.165) is 19.3 Å². The number of rotatable bonds is 7. The van der Waals surface area contributed by atoms with E-state index < -0.39 is 17.8 Å². The van der Waals surface area contributed by atoms with Crippen molar-refractivity contribution in [1.82, 2.24) is 5.32 Å². The van der Waals surface area contributed by atoms with Crippen LogP contribution in [0.4, 0.5) is 0 Å². The lowest BCUT2D eigenvalue weighted by Gasteiger charge is -2.15. The molecule has 0 radical (unpaired) electrons. The van der Waals surface area contributed by atoms with E-state index in [1.807, 2.05) is 0 Å². The summed E-state index contributed by atoms with van der Waals surface area (Å²) in [5.41, 5.74) is 0. The fourth-order valence-electron chi connectivity index (χ4n) is 1.19. The molecule has 0 spiro atoms. The van der Waals surface area contributed by atoms with Crippen LogP contribution in [0.1, 0.15) is 40.0 Å². The fraction of sp³-hybridized carbons (Fsp3) is 0.818. The highest BCUT2D eigenvalue weighted by Gasteiger charge is 2.25. The highest BCUT2D eigenvalue weighted by molar-refractivity contribution is 5.84. The number of carboxylic acid groups (broad SMARTS) is 1. The van der Waals surface area contributed by atoms with Gasteiger partial charge in [0.2, 0.25) is 5.91 Å². The number of hydrogen-bond donors (Lipinski definition) is 2. The molecule has 0 aromatic carbocycles. The third kappa shape index (κ3) is 5.40. The quantitative estimate of drug-likeness (QED) is 0.634. The Kier molecular flexibility index (Phi) is 6.75. The molecule has 0 rings (SSSR count). The van der Waals surface area contributed by atoms with Gasteiger partial charge in [-0.3, -0.25) is 9.59 Å². The van der Waals surface area contributed by atoms with Crippen molar-refractivity contribution in [3.05, 3.63) is 0 Å². The molecule has 0 aliphatic carbocycles. The van der Waals surface area contributed by atoms with Gasteiger partial charge in [-0.1, -0.05) is 33.6 Å². The van der Waals surface area contributed by atoms with E-state index >= 15 is 0 Å². The number of carboxylic acids is 1. The van der Waals surface area contributed by atoms with E-state index in [1.54, 1.807) is 13.8 Å². The van der Waals surface area contributed by atoms with Gasteiger partial charge >= 0.3 is 5.97 Å². The maximum Gasteiger partial charge on any atom is 0.307 e. The minimum atomic E-state index is -0.925. The first-order chi connectivity index (χ1) is 7.00. The van der Waals surface area contributed by atoms with Crippen molar-refractivity contribution in [3.8, 4) is 0 Å². The average Bonchev–Trinajstić information content (AvgIpc) is 2.21. The number of carbonyl (C=O) groups excluding carboxylic acids is 1. The molecule has 0 aliphatic heterocycles. The molecule has 4 nitrogen and oxygen atoms in total. The Balaban J connectivity index is 3.84. The molecule has 0 bridgehead atoms. The molecule has 0 aromatic heterocycles. The van der Waals surface area contributed by atoms with E-state index in [0.29, 0.717) is 6.54 Å². The number of amides is 1. The van der Waals surface area contributed by atoms with Crippen LogP contribution in [0.15, 0.2) is 0 Å². The summed E-state index contributed by atoms with van der Waals surface area (Å²) >= 11 is 0. The van der Waals surface area contributed by atoms with Crippen LogP contribution < -0.4 is 5.32 Å². The molecule has 15 heavy (non-hydrogen) atoms. The van der Waals surface area contributed by atoms with E-state index in [9.17, 15) is 9.59 Å². The van der Waals surface area contributed by atoms with Gasteiger partial charge in [0.25, 0.3) is 0 Å². The van der Waals surface area contributed by atoms with Crippen molar-refractivity contribution < 1.29 is 14.7 Å². The second-order valence-corrected chi connectivity index (χ2v) is 3.91. The van der Waals surface area contributed by atoms with Crippen LogP contribution >= 0.6 is 0 Å². The molecule has 4 heteroatoms. The first-order valence-electron chi connectivity index (χ1n) is 5.51. The summed E-state index contributed by atoms with van der Waals surface area (Å²) in [5.74, 6) is -2.19. The predicted molar refractivity (Wildman–Crippen MR) is 58.5 cm³/mol. The van der Waals surface area contributed by atoms with Gasteiger partial charge in [-0.05, 0) is 6.42 Å². The number of unbranched alkanes of at least 4 members (excludes halogenated alkanes) is 2. The molecule has 0 saturated carbocycles. The lowest BCUT2D eigenvalue weighted by Crippen LogP contribution is -2.35. The first-order valence-corrected chi connectivity index (χ1v) is 5.51. The van der Waals surface area contributed by atoms with Crippen LogP contribution in [0.5, 0.6) is 0 Å². The Labute approximate surface area is 91.1 Å². The molecule has 1 amide bonds. The molecule has 0 aliphatic rings. The van der Waals surface area contributed by atoms with E-state index in [-0.39, 0.29) is 5.91 Å². The summed E-state index contributed by atoms with van der Waals surface area (Å²) in [5, 5.41) is 11.5. The molecule has 0 heterocycles. The second kappa shape index (κ2) is 7.26. The average molecular weight is 215 g/mol. The molecular weight excluding hydrogens is 194 g/mol. The maximum atomic E-state index is 11.5. The molecule has 2 atom stereocenters. The minimum Gasteiger partial charge on any atom is -0.481 e. The van der Waals surface area contributed by atoms with Gasteiger partial charge in [0.1, 0.15) is 0 Å². The molecule has 88 valence electrons. The summed E-state index contributed by atoms with van der Waals surface area (Å²) in [6.45, 7) is 5.94. The Morgan fingerprint density at radius 2 is 1.80 bits per heavy atom. The van der Waals surface area contributed by atoms with Crippen molar-refractivity contribution in [2.24, 2.45) is 11.8 Å². The zero-order chi connectivity index (χ0) is 11.8. The van der Waals surface area contributed by atoms with Crippen molar-refractivity contribution in [2.75, 3.05) is 6.54 Å². The van der Waals surface area contributed by atoms with Gasteiger partial charge in [0.15, 0.2) is 0 Å². The van der Waals surface area contributed by atoms with Crippen LogP contribution in [0.3, 0.4) is 0 Å². The van der Waals surface area contributed by atoms with Crippen LogP contribution in [0, 0.1) is 11.8 Å². The number of carbonyl (C=O) groups is 2. The normalized spacial score (nSPS) is 14.3. The van der Waals surface area contributed by atoms with Crippen molar-refractivity contribution in [1.29, 1.82) is 0 Å². The molecular formula is C11H21NO3. The van der Waals surface area contributed by atoms with Crippen LogP contribution in [0.2, 0.25) is 0 Å². The SMILES string of the molecule is CCCCCNC(=O)C(C)C(C)C(=O)O. The molecule has 0 fully saturated rings. The minimum absolute atomic E-state index is 0.166. The summed E-state index contributed by atoms with van der Waals surface area (Å²) in [6.07, 6.45) is 3.15.